The van der Waals surface area contributed by atoms with Crippen LogP contribution in [-0.2, 0) is 19.2 Å². The fourth-order valence-corrected chi connectivity index (χ4v) is 2.50. The summed E-state index contributed by atoms with van der Waals surface area (Å²) in [6.45, 7) is 4.34. The van der Waals surface area contributed by atoms with Crippen molar-refractivity contribution in [2.24, 2.45) is 0 Å². The van der Waals surface area contributed by atoms with Crippen LogP contribution in [0.1, 0.15) is 13.8 Å². The predicted octanol–water partition coefficient (Wildman–Crippen LogP) is -2.32. The van der Waals surface area contributed by atoms with Crippen LogP contribution in [-0.4, -0.2) is 71.7 Å². The Labute approximate surface area is 116 Å². The Balaban J connectivity index is 2.02. The number of nitrogens with zero attached hydrogens (tertiary/aromatic N) is 2. The molecule has 20 heavy (non-hydrogen) atoms. The lowest BCUT2D eigenvalue weighted by molar-refractivity contribution is -0.141. The van der Waals surface area contributed by atoms with Gasteiger partial charge in [0.05, 0.1) is 26.2 Å². The van der Waals surface area contributed by atoms with Gasteiger partial charge in [-0.3, -0.25) is 39.6 Å². The molecule has 8 nitrogen and oxygen atoms in total. The van der Waals surface area contributed by atoms with Crippen molar-refractivity contribution < 1.29 is 19.2 Å². The lowest BCUT2D eigenvalue weighted by Gasteiger charge is -2.40. The Morgan fingerprint density at radius 1 is 0.700 bits per heavy atom. The molecule has 0 aliphatic carbocycles. The molecule has 0 bridgehead atoms. The molecule has 0 spiro atoms. The molecule has 2 N–H and O–H groups in total. The number of nitrogens with one attached hydrogen (secondary N) is 2. The number of carbonyl (C=O) groups excluding carboxylic acids is 4. The number of imide groups is 2. The summed E-state index contributed by atoms with van der Waals surface area (Å²) in [6.07, 6.45) is 0. The molecule has 2 heterocycles. The molecule has 2 fully saturated rings. The zero-order chi connectivity index (χ0) is 14.9. The van der Waals surface area contributed by atoms with Crippen molar-refractivity contribution >= 4 is 23.6 Å². The molecule has 0 radical (unpaired) electrons. The summed E-state index contributed by atoms with van der Waals surface area (Å²) in [5.74, 6) is -1.30. The van der Waals surface area contributed by atoms with Gasteiger partial charge in [0.15, 0.2) is 0 Å². The van der Waals surface area contributed by atoms with Crippen LogP contribution >= 0.6 is 0 Å². The minimum Gasteiger partial charge on any atom is -0.294 e. The van der Waals surface area contributed by atoms with Gasteiger partial charge >= 0.3 is 0 Å². The van der Waals surface area contributed by atoms with E-state index in [4.69, 9.17) is 0 Å². The van der Waals surface area contributed by atoms with Crippen LogP contribution < -0.4 is 10.6 Å². The third-order valence-electron chi connectivity index (χ3n) is 3.79. The quantitative estimate of drug-likeness (QED) is 0.564. The fourth-order valence-electron chi connectivity index (χ4n) is 2.50. The summed E-state index contributed by atoms with van der Waals surface area (Å²) in [7, 11) is 0. The first-order valence-electron chi connectivity index (χ1n) is 6.50. The average molecular weight is 282 g/mol. The first-order valence-corrected chi connectivity index (χ1v) is 6.50. The number of amides is 4. The van der Waals surface area contributed by atoms with E-state index in [0.717, 1.165) is 0 Å². The van der Waals surface area contributed by atoms with E-state index >= 15 is 0 Å². The molecule has 2 atom stereocenters. The van der Waals surface area contributed by atoms with Crippen molar-refractivity contribution in [3.8, 4) is 0 Å². The molecular weight excluding hydrogens is 264 g/mol. The van der Waals surface area contributed by atoms with Crippen molar-refractivity contribution in [3.05, 3.63) is 0 Å². The van der Waals surface area contributed by atoms with Gasteiger partial charge in [-0.1, -0.05) is 0 Å². The molecule has 0 unspecified atom stereocenters. The summed E-state index contributed by atoms with van der Waals surface area (Å²) in [6, 6.07) is -0.243. The van der Waals surface area contributed by atoms with Crippen LogP contribution in [0.3, 0.4) is 0 Å². The van der Waals surface area contributed by atoms with Crippen LogP contribution in [0.25, 0.3) is 0 Å². The van der Waals surface area contributed by atoms with Gasteiger partial charge in [-0.05, 0) is 13.8 Å². The zero-order valence-electron chi connectivity index (χ0n) is 11.5. The second-order valence-electron chi connectivity index (χ2n) is 5.23. The van der Waals surface area contributed by atoms with E-state index in [-0.39, 0.29) is 61.9 Å². The highest BCUT2D eigenvalue weighted by molar-refractivity contribution is 6.00. The zero-order valence-corrected chi connectivity index (χ0v) is 11.5. The van der Waals surface area contributed by atoms with Gasteiger partial charge in [-0.25, -0.2) is 0 Å². The number of carbonyl (C=O) groups is 4. The molecule has 0 aromatic heterocycles. The first kappa shape index (κ1) is 14.6. The van der Waals surface area contributed by atoms with Crippen LogP contribution in [0.15, 0.2) is 0 Å². The van der Waals surface area contributed by atoms with Crippen molar-refractivity contribution in [1.82, 2.24) is 20.4 Å². The van der Waals surface area contributed by atoms with E-state index in [2.05, 4.69) is 10.6 Å². The van der Waals surface area contributed by atoms with Gasteiger partial charge < -0.3 is 0 Å². The minimum atomic E-state index is -0.326. The Morgan fingerprint density at radius 2 is 0.950 bits per heavy atom. The SMILES string of the molecule is C[C@H]([C@@H](C)N1CC(=O)NC(=O)C1)N1CC(=O)NC(=O)C1. The highest BCUT2D eigenvalue weighted by atomic mass is 16.2. The molecular formula is C12H18N4O4. The molecule has 4 amide bonds. The average Bonchev–Trinajstić information content (AvgIpc) is 2.34. The third-order valence-corrected chi connectivity index (χ3v) is 3.79. The normalized spacial score (nSPS) is 25.1. The summed E-state index contributed by atoms with van der Waals surface area (Å²) < 4.78 is 0. The van der Waals surface area contributed by atoms with Crippen molar-refractivity contribution in [2.45, 2.75) is 25.9 Å². The van der Waals surface area contributed by atoms with E-state index in [9.17, 15) is 19.2 Å². The Morgan fingerprint density at radius 3 is 1.20 bits per heavy atom. The van der Waals surface area contributed by atoms with Gasteiger partial charge in [-0.2, -0.15) is 0 Å². The standard InChI is InChI=1S/C12H18N4O4/c1-7(15-3-9(17)13-10(18)4-15)8(2)16-5-11(19)14-12(20)6-16/h7-8H,3-6H2,1-2H3,(H,13,17,18)(H,14,19,20)/t7-,8-/m1/s1. The lowest BCUT2D eigenvalue weighted by Crippen LogP contribution is -2.61. The second-order valence-corrected chi connectivity index (χ2v) is 5.23. The maximum Gasteiger partial charge on any atom is 0.240 e. The molecule has 0 aromatic carbocycles. The number of hydrogen-bond donors (Lipinski definition) is 2. The van der Waals surface area contributed by atoms with Crippen molar-refractivity contribution in [1.29, 1.82) is 0 Å². The summed E-state index contributed by atoms with van der Waals surface area (Å²) in [5, 5.41) is 4.49. The van der Waals surface area contributed by atoms with Crippen LogP contribution in [0.5, 0.6) is 0 Å². The topological polar surface area (TPSA) is 98.8 Å². The number of piperazine rings is 2. The first-order chi connectivity index (χ1) is 9.36. The van der Waals surface area contributed by atoms with Crippen LogP contribution in [0.2, 0.25) is 0 Å². The van der Waals surface area contributed by atoms with E-state index < -0.39 is 0 Å². The third kappa shape index (κ3) is 3.20. The van der Waals surface area contributed by atoms with E-state index in [1.165, 1.54) is 0 Å². The van der Waals surface area contributed by atoms with Crippen LogP contribution in [0, 0.1) is 0 Å². The summed E-state index contributed by atoms with van der Waals surface area (Å²) in [4.78, 5) is 49.0. The molecule has 8 heteroatoms. The summed E-state index contributed by atoms with van der Waals surface area (Å²) in [5.41, 5.74) is 0. The number of hydrogen-bond acceptors (Lipinski definition) is 6. The van der Waals surface area contributed by atoms with Gasteiger partial charge in [0.1, 0.15) is 0 Å². The molecule has 2 aliphatic heterocycles. The molecule has 2 aliphatic rings. The maximum absolute atomic E-state index is 11.4. The molecule has 110 valence electrons. The maximum atomic E-state index is 11.4. The van der Waals surface area contributed by atoms with Gasteiger partial charge in [0, 0.05) is 12.1 Å². The van der Waals surface area contributed by atoms with Gasteiger partial charge in [0.2, 0.25) is 23.6 Å². The molecule has 2 saturated heterocycles. The van der Waals surface area contributed by atoms with Gasteiger partial charge in [-0.15, -0.1) is 0 Å². The van der Waals surface area contributed by atoms with Crippen molar-refractivity contribution in [2.75, 3.05) is 26.2 Å². The van der Waals surface area contributed by atoms with Gasteiger partial charge in [0.25, 0.3) is 0 Å². The Bertz CT molecular complexity index is 390. The van der Waals surface area contributed by atoms with E-state index in [1.807, 2.05) is 13.8 Å². The smallest absolute Gasteiger partial charge is 0.240 e. The largest absolute Gasteiger partial charge is 0.294 e. The van der Waals surface area contributed by atoms with Crippen molar-refractivity contribution in [3.63, 3.8) is 0 Å². The lowest BCUT2D eigenvalue weighted by atomic mass is 10.1. The number of rotatable bonds is 3. The predicted molar refractivity (Wildman–Crippen MR) is 68.4 cm³/mol. The molecule has 0 aromatic rings. The molecule has 0 saturated carbocycles. The van der Waals surface area contributed by atoms with Crippen LogP contribution in [0.4, 0.5) is 0 Å². The fraction of sp³-hybridized carbons (Fsp3) is 0.667. The highest BCUT2D eigenvalue weighted by Gasteiger charge is 2.34. The monoisotopic (exact) mass is 282 g/mol. The van der Waals surface area contributed by atoms with E-state index in [1.54, 1.807) is 9.80 Å². The highest BCUT2D eigenvalue weighted by Crippen LogP contribution is 2.13. The second kappa shape index (κ2) is 5.68. The Hall–Kier alpha value is -1.80. The van der Waals surface area contributed by atoms with E-state index in [0.29, 0.717) is 0 Å². The molecule has 2 rings (SSSR count). The minimum absolute atomic E-state index is 0.122. The summed E-state index contributed by atoms with van der Waals surface area (Å²) >= 11 is 0. The Kier molecular flexibility index (Phi) is 4.15.